The van der Waals surface area contributed by atoms with Crippen LogP contribution in [0.4, 0.5) is 11.4 Å². The molecule has 1 heterocycles. The predicted octanol–water partition coefficient (Wildman–Crippen LogP) is 3.99. The van der Waals surface area contributed by atoms with Crippen LogP contribution in [0.1, 0.15) is 21.5 Å². The standard InChI is InChI=1S/C19H18N4O4/c1-12-4-13(2)6-17(5-12)27-18-8-15(7-16(9-18)23(25)26)21-19(24)14-10-20-22(3)11-14/h4-11H,1-3H3,(H,21,24). The zero-order chi connectivity index (χ0) is 19.6. The van der Waals surface area contributed by atoms with Crippen molar-refractivity contribution in [3.8, 4) is 11.5 Å². The summed E-state index contributed by atoms with van der Waals surface area (Å²) >= 11 is 0. The molecule has 3 aromatic rings. The lowest BCUT2D eigenvalue weighted by molar-refractivity contribution is -0.384. The number of rotatable bonds is 5. The second-order valence-corrected chi connectivity index (χ2v) is 6.25. The highest BCUT2D eigenvalue weighted by molar-refractivity contribution is 6.04. The molecule has 0 saturated heterocycles. The average Bonchev–Trinajstić information content (AvgIpc) is 3.00. The van der Waals surface area contributed by atoms with Crippen LogP contribution in [0.15, 0.2) is 48.8 Å². The Morgan fingerprint density at radius 1 is 1.11 bits per heavy atom. The molecule has 0 aliphatic heterocycles. The number of carbonyl (C=O) groups is 1. The van der Waals surface area contributed by atoms with E-state index in [4.69, 9.17) is 4.74 Å². The van der Waals surface area contributed by atoms with Crippen molar-refractivity contribution in [2.24, 2.45) is 7.05 Å². The lowest BCUT2D eigenvalue weighted by Crippen LogP contribution is -2.11. The number of hydrogen-bond donors (Lipinski definition) is 1. The van der Waals surface area contributed by atoms with Crippen molar-refractivity contribution >= 4 is 17.3 Å². The van der Waals surface area contributed by atoms with Crippen molar-refractivity contribution in [1.82, 2.24) is 9.78 Å². The van der Waals surface area contributed by atoms with Crippen LogP contribution in [0, 0.1) is 24.0 Å². The molecule has 2 aromatic carbocycles. The first-order valence-electron chi connectivity index (χ1n) is 8.16. The number of carbonyl (C=O) groups excluding carboxylic acids is 1. The lowest BCUT2D eigenvalue weighted by atomic mass is 10.1. The van der Waals surface area contributed by atoms with Gasteiger partial charge in [-0.05, 0) is 37.1 Å². The van der Waals surface area contributed by atoms with E-state index in [-0.39, 0.29) is 17.1 Å². The highest BCUT2D eigenvalue weighted by Gasteiger charge is 2.15. The molecule has 0 atom stereocenters. The van der Waals surface area contributed by atoms with Gasteiger partial charge in [0, 0.05) is 25.4 Å². The number of aromatic nitrogens is 2. The monoisotopic (exact) mass is 366 g/mol. The Morgan fingerprint density at radius 2 is 1.78 bits per heavy atom. The van der Waals surface area contributed by atoms with Crippen molar-refractivity contribution in [1.29, 1.82) is 0 Å². The number of nitrogens with one attached hydrogen (secondary N) is 1. The Balaban J connectivity index is 1.90. The Kier molecular flexibility index (Phi) is 4.89. The topological polar surface area (TPSA) is 99.3 Å². The Labute approximate surface area is 155 Å². The van der Waals surface area contributed by atoms with Gasteiger partial charge in [-0.15, -0.1) is 0 Å². The van der Waals surface area contributed by atoms with E-state index in [1.54, 1.807) is 19.3 Å². The first-order valence-corrected chi connectivity index (χ1v) is 8.16. The maximum absolute atomic E-state index is 12.3. The van der Waals surface area contributed by atoms with E-state index < -0.39 is 10.8 Å². The molecule has 0 aliphatic carbocycles. The summed E-state index contributed by atoms with van der Waals surface area (Å²) in [5.41, 5.74) is 2.46. The minimum atomic E-state index is -0.534. The average molecular weight is 366 g/mol. The molecular weight excluding hydrogens is 348 g/mol. The highest BCUT2D eigenvalue weighted by Crippen LogP contribution is 2.30. The van der Waals surface area contributed by atoms with Crippen LogP contribution in [0.3, 0.4) is 0 Å². The summed E-state index contributed by atoms with van der Waals surface area (Å²) in [5, 5.41) is 17.8. The van der Waals surface area contributed by atoms with Gasteiger partial charge >= 0.3 is 0 Å². The highest BCUT2D eigenvalue weighted by atomic mass is 16.6. The molecule has 8 nitrogen and oxygen atoms in total. The molecule has 0 radical (unpaired) electrons. The van der Waals surface area contributed by atoms with Gasteiger partial charge in [-0.1, -0.05) is 6.07 Å². The number of nitro groups is 1. The Hall–Kier alpha value is -3.68. The fourth-order valence-corrected chi connectivity index (χ4v) is 2.69. The predicted molar refractivity (Wildman–Crippen MR) is 100 cm³/mol. The van der Waals surface area contributed by atoms with Gasteiger partial charge in [0.15, 0.2) is 0 Å². The van der Waals surface area contributed by atoms with Gasteiger partial charge in [-0.25, -0.2) is 0 Å². The SMILES string of the molecule is Cc1cc(C)cc(Oc2cc(NC(=O)c3cnn(C)c3)cc([N+](=O)[O-])c2)c1. The molecule has 1 aromatic heterocycles. The fraction of sp³-hybridized carbons (Fsp3) is 0.158. The normalized spacial score (nSPS) is 10.5. The van der Waals surface area contributed by atoms with E-state index >= 15 is 0 Å². The zero-order valence-corrected chi connectivity index (χ0v) is 15.1. The van der Waals surface area contributed by atoms with Gasteiger partial charge in [0.25, 0.3) is 11.6 Å². The number of nitrogens with zero attached hydrogens (tertiary/aromatic N) is 3. The molecule has 0 aliphatic rings. The van der Waals surface area contributed by atoms with E-state index in [2.05, 4.69) is 10.4 Å². The summed E-state index contributed by atoms with van der Waals surface area (Å²) in [4.78, 5) is 23.0. The molecular formula is C19H18N4O4. The second kappa shape index (κ2) is 7.28. The van der Waals surface area contributed by atoms with Gasteiger partial charge < -0.3 is 10.1 Å². The van der Waals surface area contributed by atoms with Crippen molar-refractivity contribution in [3.63, 3.8) is 0 Å². The van der Waals surface area contributed by atoms with Gasteiger partial charge in [-0.3, -0.25) is 19.6 Å². The fourth-order valence-electron chi connectivity index (χ4n) is 2.69. The molecule has 0 unspecified atom stereocenters. The molecule has 0 fully saturated rings. The molecule has 0 spiro atoms. The van der Waals surface area contributed by atoms with Gasteiger partial charge in [-0.2, -0.15) is 5.10 Å². The van der Waals surface area contributed by atoms with Crippen LogP contribution in [-0.4, -0.2) is 20.6 Å². The molecule has 8 heteroatoms. The number of benzene rings is 2. The minimum Gasteiger partial charge on any atom is -0.457 e. The van der Waals surface area contributed by atoms with Crippen molar-refractivity contribution in [2.45, 2.75) is 13.8 Å². The number of amides is 1. The van der Waals surface area contributed by atoms with Crippen LogP contribution in [-0.2, 0) is 7.05 Å². The number of aryl methyl sites for hydroxylation is 3. The number of nitro benzene ring substituents is 1. The minimum absolute atomic E-state index is 0.182. The molecule has 1 amide bonds. The van der Waals surface area contributed by atoms with Gasteiger partial charge in [0.05, 0.1) is 28.4 Å². The quantitative estimate of drug-likeness (QED) is 0.544. The van der Waals surface area contributed by atoms with E-state index in [1.165, 1.54) is 23.0 Å². The number of ether oxygens (including phenoxy) is 1. The Morgan fingerprint density at radius 3 is 2.37 bits per heavy atom. The van der Waals surface area contributed by atoms with Crippen molar-refractivity contribution in [2.75, 3.05) is 5.32 Å². The van der Waals surface area contributed by atoms with Crippen LogP contribution >= 0.6 is 0 Å². The first-order chi connectivity index (χ1) is 12.8. The molecule has 0 saturated carbocycles. The number of anilines is 1. The zero-order valence-electron chi connectivity index (χ0n) is 15.1. The van der Waals surface area contributed by atoms with Gasteiger partial charge in [0.1, 0.15) is 11.5 Å². The van der Waals surface area contributed by atoms with E-state index in [0.717, 1.165) is 11.1 Å². The number of hydrogen-bond acceptors (Lipinski definition) is 5. The molecule has 27 heavy (non-hydrogen) atoms. The van der Waals surface area contributed by atoms with Gasteiger partial charge in [0.2, 0.25) is 0 Å². The molecule has 1 N–H and O–H groups in total. The smallest absolute Gasteiger partial charge is 0.275 e. The van der Waals surface area contributed by atoms with Crippen LogP contribution in [0.25, 0.3) is 0 Å². The molecule has 138 valence electrons. The van der Waals surface area contributed by atoms with Crippen LogP contribution in [0.5, 0.6) is 11.5 Å². The molecule has 3 rings (SSSR count). The first kappa shape index (κ1) is 18.1. The third-order valence-corrected chi connectivity index (χ3v) is 3.76. The summed E-state index contributed by atoms with van der Waals surface area (Å²) in [7, 11) is 1.69. The summed E-state index contributed by atoms with van der Waals surface area (Å²) in [5.74, 6) is 0.411. The van der Waals surface area contributed by atoms with Crippen LogP contribution < -0.4 is 10.1 Å². The summed E-state index contributed by atoms with van der Waals surface area (Å²) in [6, 6.07) is 9.80. The van der Waals surface area contributed by atoms with E-state index in [1.807, 2.05) is 32.0 Å². The summed E-state index contributed by atoms with van der Waals surface area (Å²) < 4.78 is 7.29. The van der Waals surface area contributed by atoms with Crippen LogP contribution in [0.2, 0.25) is 0 Å². The van der Waals surface area contributed by atoms with Crippen molar-refractivity contribution in [3.05, 3.63) is 75.6 Å². The Bertz CT molecular complexity index is 1010. The summed E-state index contributed by atoms with van der Waals surface area (Å²) in [6.07, 6.45) is 2.97. The van der Waals surface area contributed by atoms with E-state index in [0.29, 0.717) is 11.3 Å². The number of non-ortho nitro benzene ring substituents is 1. The largest absolute Gasteiger partial charge is 0.457 e. The maximum Gasteiger partial charge on any atom is 0.275 e. The summed E-state index contributed by atoms with van der Waals surface area (Å²) in [6.45, 7) is 3.87. The molecule has 0 bridgehead atoms. The van der Waals surface area contributed by atoms with E-state index in [9.17, 15) is 14.9 Å². The second-order valence-electron chi connectivity index (χ2n) is 6.25. The third-order valence-electron chi connectivity index (χ3n) is 3.76. The lowest BCUT2D eigenvalue weighted by Gasteiger charge is -2.10. The maximum atomic E-state index is 12.3. The van der Waals surface area contributed by atoms with Crippen molar-refractivity contribution < 1.29 is 14.5 Å². The third kappa shape index (κ3) is 4.49.